The van der Waals surface area contributed by atoms with Gasteiger partial charge in [0.25, 0.3) is 5.91 Å². The maximum absolute atomic E-state index is 12.5. The Kier molecular flexibility index (Phi) is 5.81. The molecular formula is C23H24N6O2S. The van der Waals surface area contributed by atoms with E-state index in [0.29, 0.717) is 24.7 Å². The Bertz CT molecular complexity index is 1060. The number of benzene rings is 1. The summed E-state index contributed by atoms with van der Waals surface area (Å²) >= 11 is 1.44. The second-order valence-corrected chi connectivity index (χ2v) is 8.95. The van der Waals surface area contributed by atoms with Gasteiger partial charge in [-0.05, 0) is 48.6 Å². The first-order chi connectivity index (χ1) is 15.7. The van der Waals surface area contributed by atoms with Crippen molar-refractivity contribution in [1.82, 2.24) is 20.1 Å². The summed E-state index contributed by atoms with van der Waals surface area (Å²) in [6, 6.07) is 11.9. The molecule has 0 unspecified atom stereocenters. The van der Waals surface area contributed by atoms with Crippen molar-refractivity contribution in [3.05, 3.63) is 64.7 Å². The van der Waals surface area contributed by atoms with Gasteiger partial charge in [-0.15, -0.1) is 16.4 Å². The van der Waals surface area contributed by atoms with E-state index >= 15 is 0 Å². The largest absolute Gasteiger partial charge is 0.353 e. The highest BCUT2D eigenvalue weighted by Gasteiger charge is 2.33. The van der Waals surface area contributed by atoms with E-state index in [1.807, 2.05) is 34.1 Å². The van der Waals surface area contributed by atoms with Gasteiger partial charge >= 0.3 is 0 Å². The molecule has 0 radical (unpaired) electrons. The van der Waals surface area contributed by atoms with Gasteiger partial charge in [-0.2, -0.15) is 5.10 Å². The summed E-state index contributed by atoms with van der Waals surface area (Å²) in [5.41, 5.74) is 4.30. The Hall–Kier alpha value is -3.33. The molecule has 2 saturated heterocycles. The van der Waals surface area contributed by atoms with Gasteiger partial charge in [-0.25, -0.2) is 4.98 Å². The van der Waals surface area contributed by atoms with Gasteiger partial charge in [0, 0.05) is 43.4 Å². The minimum Gasteiger partial charge on any atom is -0.353 e. The lowest BCUT2D eigenvalue weighted by molar-refractivity contribution is -0.120. The lowest BCUT2D eigenvalue weighted by Gasteiger charge is -2.38. The summed E-state index contributed by atoms with van der Waals surface area (Å²) in [7, 11) is 0. The number of rotatable bonds is 5. The molecule has 2 aliphatic heterocycles. The number of thiazole rings is 1. The monoisotopic (exact) mass is 448 g/mol. The molecular weight excluding hydrogens is 424 g/mol. The van der Waals surface area contributed by atoms with E-state index in [0.717, 1.165) is 37.4 Å². The summed E-state index contributed by atoms with van der Waals surface area (Å²) in [5.74, 6) is 1.24. The van der Waals surface area contributed by atoms with Crippen molar-refractivity contribution in [2.75, 3.05) is 36.4 Å². The number of hydrogen-bond acceptors (Lipinski definition) is 7. The first-order valence-corrected chi connectivity index (χ1v) is 11.7. The van der Waals surface area contributed by atoms with E-state index in [1.165, 1.54) is 16.9 Å². The first kappa shape index (κ1) is 20.6. The molecule has 9 heteroatoms. The number of anilines is 2. The molecule has 5 rings (SSSR count). The summed E-state index contributed by atoms with van der Waals surface area (Å²) in [5, 5.41) is 12.8. The van der Waals surface area contributed by atoms with Gasteiger partial charge in [0.15, 0.2) is 5.82 Å². The molecule has 1 N–H and O–H groups in total. The highest BCUT2D eigenvalue weighted by atomic mass is 32.1. The first-order valence-electron chi connectivity index (χ1n) is 10.8. The van der Waals surface area contributed by atoms with Crippen LogP contribution in [0.25, 0.3) is 0 Å². The second kappa shape index (κ2) is 9.04. The minimum absolute atomic E-state index is 0.0247. The van der Waals surface area contributed by atoms with Gasteiger partial charge in [-0.1, -0.05) is 12.1 Å². The zero-order valence-corrected chi connectivity index (χ0v) is 18.4. The van der Waals surface area contributed by atoms with Crippen LogP contribution in [0.2, 0.25) is 0 Å². The molecule has 32 heavy (non-hydrogen) atoms. The predicted octanol–water partition coefficient (Wildman–Crippen LogP) is 3.03. The van der Waals surface area contributed by atoms with E-state index in [4.69, 9.17) is 0 Å². The number of carbonyl (C=O) groups is 2. The molecule has 2 aliphatic rings. The quantitative estimate of drug-likeness (QED) is 0.645. The highest BCUT2D eigenvalue weighted by molar-refractivity contribution is 7.07. The highest BCUT2D eigenvalue weighted by Crippen LogP contribution is 2.30. The smallest absolute Gasteiger partial charge is 0.273 e. The van der Waals surface area contributed by atoms with Crippen LogP contribution < -0.4 is 10.2 Å². The van der Waals surface area contributed by atoms with Crippen molar-refractivity contribution in [1.29, 1.82) is 0 Å². The van der Waals surface area contributed by atoms with Crippen LogP contribution in [0.4, 0.5) is 11.5 Å². The number of likely N-dealkylation sites (tertiary alicyclic amines) is 1. The summed E-state index contributed by atoms with van der Waals surface area (Å²) in [6.45, 7) is 2.79. The third-order valence-electron chi connectivity index (χ3n) is 6.22. The van der Waals surface area contributed by atoms with Crippen molar-refractivity contribution < 1.29 is 9.59 Å². The van der Waals surface area contributed by atoms with Crippen molar-refractivity contribution in [2.24, 2.45) is 5.92 Å². The van der Waals surface area contributed by atoms with Crippen LogP contribution in [0.15, 0.2) is 53.5 Å². The molecule has 1 aromatic carbocycles. The summed E-state index contributed by atoms with van der Waals surface area (Å²) < 4.78 is 0. The maximum Gasteiger partial charge on any atom is 0.273 e. The molecule has 0 atom stereocenters. The number of amides is 2. The number of carbonyl (C=O) groups excluding carboxylic acids is 2. The van der Waals surface area contributed by atoms with Gasteiger partial charge in [0.1, 0.15) is 5.69 Å². The standard InChI is InChI=1S/C23H24N6O2S/c30-22(18-12-29(13-18)21-2-1-9-25-27-21)26-19-5-3-16(4-6-19)17-7-10-28(11-8-17)23(31)20-14-32-15-24-20/h1-6,9,14-15,17-18H,7-8,10-13H2,(H,26,30). The Morgan fingerprint density at radius 3 is 2.50 bits per heavy atom. The van der Waals surface area contributed by atoms with Crippen molar-refractivity contribution in [3.8, 4) is 0 Å². The van der Waals surface area contributed by atoms with Crippen LogP contribution in [0, 0.1) is 5.92 Å². The van der Waals surface area contributed by atoms with Crippen molar-refractivity contribution in [2.45, 2.75) is 18.8 Å². The number of hydrogen-bond donors (Lipinski definition) is 1. The molecule has 164 valence electrons. The van der Waals surface area contributed by atoms with Crippen molar-refractivity contribution >= 4 is 34.7 Å². The SMILES string of the molecule is O=C(Nc1ccc(C2CCN(C(=O)c3cscn3)CC2)cc1)C1CN(c2cccnn2)C1. The molecule has 0 spiro atoms. The summed E-state index contributed by atoms with van der Waals surface area (Å²) in [6.07, 6.45) is 3.51. The number of aromatic nitrogens is 3. The zero-order chi connectivity index (χ0) is 21.9. The van der Waals surface area contributed by atoms with Crippen LogP contribution in [-0.2, 0) is 4.79 Å². The van der Waals surface area contributed by atoms with Crippen LogP contribution in [0.3, 0.4) is 0 Å². The Balaban J connectivity index is 1.10. The fourth-order valence-electron chi connectivity index (χ4n) is 4.27. The maximum atomic E-state index is 12.5. The lowest BCUT2D eigenvalue weighted by atomic mass is 9.89. The number of nitrogens with one attached hydrogen (secondary N) is 1. The second-order valence-electron chi connectivity index (χ2n) is 8.24. The number of nitrogens with zero attached hydrogens (tertiary/aromatic N) is 5. The molecule has 3 aromatic rings. The van der Waals surface area contributed by atoms with Gasteiger partial charge < -0.3 is 15.1 Å². The van der Waals surface area contributed by atoms with E-state index in [-0.39, 0.29) is 17.7 Å². The topological polar surface area (TPSA) is 91.3 Å². The average molecular weight is 449 g/mol. The van der Waals surface area contributed by atoms with E-state index < -0.39 is 0 Å². The van der Waals surface area contributed by atoms with Gasteiger partial charge in [-0.3, -0.25) is 9.59 Å². The fraction of sp³-hybridized carbons (Fsp3) is 0.348. The number of piperidine rings is 1. The van der Waals surface area contributed by atoms with E-state index in [9.17, 15) is 9.59 Å². The minimum atomic E-state index is -0.0451. The molecule has 0 saturated carbocycles. The summed E-state index contributed by atoms with van der Waals surface area (Å²) in [4.78, 5) is 33.1. The molecule has 2 fully saturated rings. The molecule has 0 aliphatic carbocycles. The Labute approximate surface area is 190 Å². The Morgan fingerprint density at radius 1 is 1.06 bits per heavy atom. The van der Waals surface area contributed by atoms with Gasteiger partial charge in [0.05, 0.1) is 11.4 Å². The third-order valence-corrected chi connectivity index (χ3v) is 6.80. The predicted molar refractivity (Wildman–Crippen MR) is 123 cm³/mol. The molecule has 4 heterocycles. The lowest BCUT2D eigenvalue weighted by Crippen LogP contribution is -2.52. The van der Waals surface area contributed by atoms with Crippen LogP contribution >= 0.6 is 11.3 Å². The zero-order valence-electron chi connectivity index (χ0n) is 17.6. The third kappa shape index (κ3) is 4.34. The fourth-order valence-corrected chi connectivity index (χ4v) is 4.80. The van der Waals surface area contributed by atoms with Crippen LogP contribution in [0.5, 0.6) is 0 Å². The van der Waals surface area contributed by atoms with E-state index in [2.05, 4.69) is 32.6 Å². The molecule has 2 amide bonds. The molecule has 8 nitrogen and oxygen atoms in total. The molecule has 2 aromatic heterocycles. The van der Waals surface area contributed by atoms with Crippen molar-refractivity contribution in [3.63, 3.8) is 0 Å². The van der Waals surface area contributed by atoms with Gasteiger partial charge in [0.2, 0.25) is 5.91 Å². The Morgan fingerprint density at radius 2 is 1.84 bits per heavy atom. The van der Waals surface area contributed by atoms with E-state index in [1.54, 1.807) is 17.1 Å². The normalized spacial score (nSPS) is 17.1. The average Bonchev–Trinajstić information content (AvgIpc) is 3.34. The van der Waals surface area contributed by atoms with Crippen LogP contribution in [-0.4, -0.2) is 58.1 Å². The molecule has 0 bridgehead atoms. The van der Waals surface area contributed by atoms with Crippen LogP contribution in [0.1, 0.15) is 34.8 Å².